The fourth-order valence-electron chi connectivity index (χ4n) is 2.82. The second kappa shape index (κ2) is 12.0. The van der Waals surface area contributed by atoms with Crippen molar-refractivity contribution in [2.45, 2.75) is 72.1 Å². The molecular weight excluding hydrogens is 224 g/mol. The topological polar surface area (TPSA) is 40.5 Å². The molecule has 2 N–H and O–H groups in total. The standard InChI is InChI=1S/C16H33O2/c1-4-7-15(9-6-11-17)16(8-5-2)13-14(3)10-12-18/h14,16-18H,4-13H2,1-3H3. The summed E-state index contributed by atoms with van der Waals surface area (Å²) >= 11 is 0. The zero-order valence-electron chi connectivity index (χ0n) is 12.6. The molecule has 0 aromatic rings. The number of rotatable bonds is 12. The molecule has 18 heavy (non-hydrogen) atoms. The van der Waals surface area contributed by atoms with E-state index in [1.165, 1.54) is 32.1 Å². The van der Waals surface area contributed by atoms with Gasteiger partial charge in [-0.25, -0.2) is 0 Å². The van der Waals surface area contributed by atoms with Gasteiger partial charge in [-0.15, -0.1) is 0 Å². The zero-order valence-corrected chi connectivity index (χ0v) is 12.6. The molecule has 0 rings (SSSR count). The van der Waals surface area contributed by atoms with Crippen LogP contribution in [-0.4, -0.2) is 23.4 Å². The Hall–Kier alpha value is -0.0800. The highest BCUT2D eigenvalue weighted by Crippen LogP contribution is 2.34. The molecule has 0 aliphatic heterocycles. The largest absolute Gasteiger partial charge is 0.396 e. The van der Waals surface area contributed by atoms with Crippen molar-refractivity contribution in [3.8, 4) is 0 Å². The van der Waals surface area contributed by atoms with Gasteiger partial charge in [0, 0.05) is 13.2 Å². The zero-order chi connectivity index (χ0) is 13.8. The van der Waals surface area contributed by atoms with Crippen LogP contribution in [0.1, 0.15) is 72.1 Å². The molecule has 2 nitrogen and oxygen atoms in total. The van der Waals surface area contributed by atoms with Crippen LogP contribution >= 0.6 is 0 Å². The quantitative estimate of drug-likeness (QED) is 0.555. The van der Waals surface area contributed by atoms with E-state index in [4.69, 9.17) is 10.2 Å². The molecule has 1 radical (unpaired) electrons. The summed E-state index contributed by atoms with van der Waals surface area (Å²) in [4.78, 5) is 0. The van der Waals surface area contributed by atoms with Gasteiger partial charge in [0.2, 0.25) is 0 Å². The third-order valence-electron chi connectivity index (χ3n) is 3.75. The summed E-state index contributed by atoms with van der Waals surface area (Å²) in [5.74, 6) is 2.95. The van der Waals surface area contributed by atoms with Crippen molar-refractivity contribution in [3.05, 3.63) is 5.92 Å². The highest BCUT2D eigenvalue weighted by atomic mass is 16.3. The first-order valence-corrected chi connectivity index (χ1v) is 7.75. The number of aliphatic hydroxyl groups is 2. The van der Waals surface area contributed by atoms with Crippen molar-refractivity contribution >= 4 is 0 Å². The van der Waals surface area contributed by atoms with Crippen LogP contribution in [0.4, 0.5) is 0 Å². The molecule has 0 saturated heterocycles. The second-order valence-corrected chi connectivity index (χ2v) is 5.57. The summed E-state index contributed by atoms with van der Waals surface area (Å²) in [7, 11) is 0. The fraction of sp³-hybridized carbons (Fsp3) is 0.938. The van der Waals surface area contributed by atoms with E-state index < -0.39 is 0 Å². The fourth-order valence-corrected chi connectivity index (χ4v) is 2.82. The third kappa shape index (κ3) is 8.10. The molecule has 2 atom stereocenters. The van der Waals surface area contributed by atoms with Gasteiger partial charge in [0.25, 0.3) is 0 Å². The van der Waals surface area contributed by atoms with Gasteiger partial charge in [0.15, 0.2) is 0 Å². The summed E-state index contributed by atoms with van der Waals surface area (Å²) in [6.45, 7) is 7.34. The lowest BCUT2D eigenvalue weighted by molar-refractivity contribution is 0.238. The Morgan fingerprint density at radius 3 is 2.17 bits per heavy atom. The van der Waals surface area contributed by atoms with Crippen molar-refractivity contribution in [1.29, 1.82) is 0 Å². The molecule has 0 heterocycles. The molecule has 0 aliphatic carbocycles. The Morgan fingerprint density at radius 1 is 0.944 bits per heavy atom. The van der Waals surface area contributed by atoms with E-state index in [0.29, 0.717) is 25.0 Å². The monoisotopic (exact) mass is 257 g/mol. The minimum Gasteiger partial charge on any atom is -0.396 e. The van der Waals surface area contributed by atoms with Gasteiger partial charge in [-0.2, -0.15) is 0 Å². The minimum absolute atomic E-state index is 0.304. The van der Waals surface area contributed by atoms with Gasteiger partial charge < -0.3 is 10.2 Å². The Morgan fingerprint density at radius 2 is 1.67 bits per heavy atom. The van der Waals surface area contributed by atoms with Crippen LogP contribution in [0.25, 0.3) is 0 Å². The third-order valence-corrected chi connectivity index (χ3v) is 3.75. The Bertz CT molecular complexity index is 170. The van der Waals surface area contributed by atoms with Crippen molar-refractivity contribution in [2.24, 2.45) is 11.8 Å². The van der Waals surface area contributed by atoms with Crippen molar-refractivity contribution in [2.75, 3.05) is 13.2 Å². The molecular formula is C16H33O2. The lowest BCUT2D eigenvalue weighted by Crippen LogP contribution is -2.17. The highest BCUT2D eigenvalue weighted by Gasteiger charge is 2.22. The van der Waals surface area contributed by atoms with E-state index in [1.807, 2.05) is 0 Å². The van der Waals surface area contributed by atoms with Crippen LogP contribution in [0.5, 0.6) is 0 Å². The molecule has 0 saturated carbocycles. The first kappa shape index (κ1) is 17.9. The van der Waals surface area contributed by atoms with Crippen LogP contribution in [0.3, 0.4) is 0 Å². The van der Waals surface area contributed by atoms with Crippen molar-refractivity contribution in [3.63, 3.8) is 0 Å². The summed E-state index contributed by atoms with van der Waals surface area (Å²) < 4.78 is 0. The number of hydrogen-bond donors (Lipinski definition) is 2. The predicted molar refractivity (Wildman–Crippen MR) is 78.4 cm³/mol. The lowest BCUT2D eigenvalue weighted by atomic mass is 9.77. The van der Waals surface area contributed by atoms with Gasteiger partial charge in [-0.3, -0.25) is 0 Å². The molecule has 0 spiro atoms. The van der Waals surface area contributed by atoms with E-state index in [-0.39, 0.29) is 0 Å². The van der Waals surface area contributed by atoms with Crippen LogP contribution in [0.15, 0.2) is 0 Å². The summed E-state index contributed by atoms with van der Waals surface area (Å²) in [5.41, 5.74) is 0. The average Bonchev–Trinajstić information content (AvgIpc) is 2.34. The van der Waals surface area contributed by atoms with Crippen LogP contribution in [0, 0.1) is 17.8 Å². The number of hydrogen-bond acceptors (Lipinski definition) is 2. The predicted octanol–water partition coefficient (Wildman–Crippen LogP) is 3.96. The van der Waals surface area contributed by atoms with E-state index >= 15 is 0 Å². The molecule has 0 bridgehead atoms. The summed E-state index contributed by atoms with van der Waals surface area (Å²) in [6, 6.07) is 0. The normalized spacial score (nSPS) is 15.0. The molecule has 2 heteroatoms. The lowest BCUT2D eigenvalue weighted by Gasteiger charge is -2.28. The second-order valence-electron chi connectivity index (χ2n) is 5.57. The van der Waals surface area contributed by atoms with Crippen molar-refractivity contribution < 1.29 is 10.2 Å². The van der Waals surface area contributed by atoms with Crippen LogP contribution in [0.2, 0.25) is 0 Å². The Kier molecular flexibility index (Phi) is 11.9. The molecule has 0 amide bonds. The molecule has 0 aliphatic rings. The first-order valence-electron chi connectivity index (χ1n) is 7.75. The maximum Gasteiger partial charge on any atom is 0.0433 e. The molecule has 109 valence electrons. The summed E-state index contributed by atoms with van der Waals surface area (Å²) in [6.07, 6.45) is 9.00. The molecule has 2 unspecified atom stereocenters. The van der Waals surface area contributed by atoms with E-state index in [2.05, 4.69) is 20.8 Å². The Labute approximate surface area is 114 Å². The maximum atomic E-state index is 9.02. The SMILES string of the molecule is CCC[C](CCCO)C(CCC)CC(C)CCO. The van der Waals surface area contributed by atoms with E-state index in [9.17, 15) is 0 Å². The van der Waals surface area contributed by atoms with Crippen LogP contribution < -0.4 is 0 Å². The van der Waals surface area contributed by atoms with E-state index in [0.717, 1.165) is 19.3 Å². The average molecular weight is 257 g/mol. The minimum atomic E-state index is 0.304. The molecule has 0 aromatic heterocycles. The van der Waals surface area contributed by atoms with Gasteiger partial charge in [0.05, 0.1) is 0 Å². The number of aliphatic hydroxyl groups excluding tert-OH is 2. The Balaban J connectivity index is 4.36. The van der Waals surface area contributed by atoms with Gasteiger partial charge in [-0.05, 0) is 49.9 Å². The van der Waals surface area contributed by atoms with E-state index in [1.54, 1.807) is 5.92 Å². The maximum absolute atomic E-state index is 9.02. The smallest absolute Gasteiger partial charge is 0.0433 e. The van der Waals surface area contributed by atoms with Crippen molar-refractivity contribution in [1.82, 2.24) is 0 Å². The van der Waals surface area contributed by atoms with Crippen LogP contribution in [-0.2, 0) is 0 Å². The van der Waals surface area contributed by atoms with Gasteiger partial charge in [-0.1, -0.05) is 40.0 Å². The first-order chi connectivity index (χ1) is 8.69. The molecule has 0 aromatic carbocycles. The summed E-state index contributed by atoms with van der Waals surface area (Å²) in [5, 5.41) is 18.0. The highest BCUT2D eigenvalue weighted by molar-refractivity contribution is 4.96. The van der Waals surface area contributed by atoms with Gasteiger partial charge >= 0.3 is 0 Å². The molecule has 0 fully saturated rings. The van der Waals surface area contributed by atoms with Gasteiger partial charge in [0.1, 0.15) is 0 Å².